The molecule has 1 saturated heterocycles. The van der Waals surface area contributed by atoms with Crippen molar-refractivity contribution in [3.63, 3.8) is 0 Å². The van der Waals surface area contributed by atoms with Crippen LogP contribution >= 0.6 is 23.2 Å². The van der Waals surface area contributed by atoms with E-state index in [0.717, 1.165) is 37.1 Å². The fourth-order valence-corrected chi connectivity index (χ4v) is 4.50. The molecule has 8 nitrogen and oxygen atoms in total. The Morgan fingerprint density at radius 2 is 1.69 bits per heavy atom. The highest BCUT2D eigenvalue weighted by atomic mass is 35.5. The molecule has 1 aliphatic rings. The summed E-state index contributed by atoms with van der Waals surface area (Å²) in [6.07, 6.45) is 4.97. The zero-order valence-electron chi connectivity index (χ0n) is 20.9. The van der Waals surface area contributed by atoms with E-state index in [9.17, 15) is 4.39 Å². The first-order valence-electron chi connectivity index (χ1n) is 12.5. The van der Waals surface area contributed by atoms with E-state index in [4.69, 9.17) is 27.9 Å². The summed E-state index contributed by atoms with van der Waals surface area (Å²) in [7, 11) is 0. The molecule has 39 heavy (non-hydrogen) atoms. The summed E-state index contributed by atoms with van der Waals surface area (Å²) in [5, 5.41) is 8.59. The predicted molar refractivity (Wildman–Crippen MR) is 154 cm³/mol. The third kappa shape index (κ3) is 7.34. The third-order valence-corrected chi connectivity index (χ3v) is 6.64. The highest BCUT2D eigenvalue weighted by molar-refractivity contribution is 6.35. The fourth-order valence-electron chi connectivity index (χ4n) is 4.04. The van der Waals surface area contributed by atoms with Gasteiger partial charge in [0.2, 0.25) is 17.8 Å². The van der Waals surface area contributed by atoms with Gasteiger partial charge in [-0.05, 0) is 67.8 Å². The van der Waals surface area contributed by atoms with Crippen LogP contribution in [0, 0.1) is 5.82 Å². The van der Waals surface area contributed by atoms with Gasteiger partial charge >= 0.3 is 0 Å². The minimum absolute atomic E-state index is 0.276. The molecule has 0 aliphatic carbocycles. The Labute approximate surface area is 235 Å². The molecule has 0 saturated carbocycles. The van der Waals surface area contributed by atoms with Gasteiger partial charge in [0, 0.05) is 39.9 Å². The molecule has 0 bridgehead atoms. The van der Waals surface area contributed by atoms with Gasteiger partial charge < -0.3 is 15.0 Å². The summed E-state index contributed by atoms with van der Waals surface area (Å²) < 4.78 is 19.4. The number of hydrogen-bond donors (Lipinski definition) is 2. The van der Waals surface area contributed by atoms with E-state index in [0.29, 0.717) is 33.4 Å². The number of aromatic nitrogens is 3. The molecule has 11 heteroatoms. The maximum Gasteiger partial charge on any atom is 0.250 e. The minimum atomic E-state index is -0.317. The molecular formula is C28H26Cl2FN7O. The second-order valence-corrected chi connectivity index (χ2v) is 9.74. The van der Waals surface area contributed by atoms with E-state index in [2.05, 4.69) is 35.7 Å². The van der Waals surface area contributed by atoms with E-state index in [-0.39, 0.29) is 18.4 Å². The van der Waals surface area contributed by atoms with Crippen molar-refractivity contribution in [3.8, 4) is 5.75 Å². The Kier molecular flexibility index (Phi) is 8.70. The molecule has 0 radical (unpaired) electrons. The first-order chi connectivity index (χ1) is 19.0. The number of nitrogens with zero attached hydrogens (tertiary/aromatic N) is 5. The number of piperidine rings is 1. The summed E-state index contributed by atoms with van der Waals surface area (Å²) in [6.45, 7) is 2.01. The highest BCUT2D eigenvalue weighted by Gasteiger charge is 2.16. The van der Waals surface area contributed by atoms with Crippen LogP contribution in [0.25, 0.3) is 0 Å². The summed E-state index contributed by atoms with van der Waals surface area (Å²) in [6, 6.07) is 18.8. The number of para-hydroxylation sites is 1. The molecule has 2 N–H and O–H groups in total. The standard InChI is InChI=1S/C28H26Cl2FN7O/c29-21-9-8-20(24(30)16-21)18-39-25-7-3-2-6-19(25)17-32-37-27-34-26(33-23-12-10-22(31)11-13-23)35-28(36-27)38-14-4-1-5-15-38/h2-3,6-13,16-17H,1,4-5,14-15,18H2,(H2,33,34,35,36,37). The summed E-state index contributed by atoms with van der Waals surface area (Å²) in [5.74, 6) is 1.48. The van der Waals surface area contributed by atoms with Gasteiger partial charge in [-0.25, -0.2) is 9.82 Å². The molecule has 3 aromatic carbocycles. The first-order valence-corrected chi connectivity index (χ1v) is 13.3. The molecule has 5 rings (SSSR count). The van der Waals surface area contributed by atoms with Crippen molar-refractivity contribution in [2.24, 2.45) is 5.10 Å². The lowest BCUT2D eigenvalue weighted by molar-refractivity contribution is 0.306. The quantitative estimate of drug-likeness (QED) is 0.165. The van der Waals surface area contributed by atoms with Gasteiger partial charge in [0.05, 0.1) is 6.21 Å². The van der Waals surface area contributed by atoms with Crippen LogP contribution in [0.3, 0.4) is 0 Å². The van der Waals surface area contributed by atoms with Gasteiger partial charge in [-0.3, -0.25) is 0 Å². The van der Waals surface area contributed by atoms with Crippen LogP contribution < -0.4 is 20.4 Å². The van der Waals surface area contributed by atoms with E-state index < -0.39 is 0 Å². The SMILES string of the molecule is Fc1ccc(Nc2nc(NN=Cc3ccccc3OCc3ccc(Cl)cc3Cl)nc(N3CCCCC3)n2)cc1. The molecule has 0 spiro atoms. The summed E-state index contributed by atoms with van der Waals surface area (Å²) in [4.78, 5) is 15.8. The molecule has 200 valence electrons. The molecule has 1 aromatic heterocycles. The highest BCUT2D eigenvalue weighted by Crippen LogP contribution is 2.24. The van der Waals surface area contributed by atoms with Crippen LogP contribution in [0.2, 0.25) is 10.0 Å². The number of hydrazone groups is 1. The third-order valence-electron chi connectivity index (χ3n) is 6.05. The van der Waals surface area contributed by atoms with Crippen LogP contribution in [0.5, 0.6) is 5.75 Å². The second kappa shape index (κ2) is 12.7. The molecule has 0 unspecified atom stereocenters. The van der Waals surface area contributed by atoms with E-state index >= 15 is 0 Å². The number of hydrogen-bond acceptors (Lipinski definition) is 8. The van der Waals surface area contributed by atoms with E-state index in [1.54, 1.807) is 30.5 Å². The van der Waals surface area contributed by atoms with E-state index in [1.807, 2.05) is 30.3 Å². The second-order valence-electron chi connectivity index (χ2n) is 8.89. The van der Waals surface area contributed by atoms with Crippen molar-refractivity contribution in [1.29, 1.82) is 0 Å². The number of benzene rings is 3. The van der Waals surface area contributed by atoms with Gasteiger partial charge in [0.25, 0.3) is 0 Å². The van der Waals surface area contributed by atoms with E-state index in [1.165, 1.54) is 18.6 Å². The number of ether oxygens (including phenoxy) is 1. The lowest BCUT2D eigenvalue weighted by Crippen LogP contribution is -2.31. The Hall–Kier alpha value is -3.95. The van der Waals surface area contributed by atoms with Gasteiger partial charge in [0.15, 0.2) is 0 Å². The van der Waals surface area contributed by atoms with Gasteiger partial charge in [-0.2, -0.15) is 20.1 Å². The Morgan fingerprint density at radius 3 is 2.49 bits per heavy atom. The lowest BCUT2D eigenvalue weighted by atomic mass is 10.1. The van der Waals surface area contributed by atoms with Crippen molar-refractivity contribution in [2.45, 2.75) is 25.9 Å². The maximum atomic E-state index is 13.4. The van der Waals surface area contributed by atoms with Crippen molar-refractivity contribution in [3.05, 3.63) is 93.7 Å². The van der Waals surface area contributed by atoms with Crippen molar-refractivity contribution < 1.29 is 9.13 Å². The molecule has 1 fully saturated rings. The Bertz CT molecular complexity index is 1450. The molecular weight excluding hydrogens is 540 g/mol. The topological polar surface area (TPSA) is 87.6 Å². The minimum Gasteiger partial charge on any atom is -0.488 e. The monoisotopic (exact) mass is 565 g/mol. The van der Waals surface area contributed by atoms with Crippen LogP contribution in [0.4, 0.5) is 27.9 Å². The first kappa shape index (κ1) is 26.6. The van der Waals surface area contributed by atoms with Crippen molar-refractivity contribution in [2.75, 3.05) is 28.7 Å². The number of anilines is 4. The predicted octanol–water partition coefficient (Wildman–Crippen LogP) is 7.08. The smallest absolute Gasteiger partial charge is 0.250 e. The Balaban J connectivity index is 1.32. The average molecular weight is 566 g/mol. The molecule has 0 amide bonds. The lowest BCUT2D eigenvalue weighted by Gasteiger charge is -2.26. The van der Waals surface area contributed by atoms with Crippen molar-refractivity contribution >= 4 is 52.9 Å². The van der Waals surface area contributed by atoms with Gasteiger partial charge in [-0.15, -0.1) is 0 Å². The zero-order valence-corrected chi connectivity index (χ0v) is 22.5. The normalized spacial score (nSPS) is 13.5. The fraction of sp³-hybridized carbons (Fsp3) is 0.214. The number of nitrogens with one attached hydrogen (secondary N) is 2. The van der Waals surface area contributed by atoms with Crippen LogP contribution in [-0.2, 0) is 6.61 Å². The van der Waals surface area contributed by atoms with Crippen LogP contribution in [0.15, 0.2) is 71.8 Å². The van der Waals surface area contributed by atoms with Gasteiger partial charge in [0.1, 0.15) is 18.2 Å². The number of halogens is 3. The largest absolute Gasteiger partial charge is 0.488 e. The van der Waals surface area contributed by atoms with Crippen LogP contribution in [-0.4, -0.2) is 34.3 Å². The molecule has 0 atom stereocenters. The zero-order chi connectivity index (χ0) is 27.0. The molecule has 1 aliphatic heterocycles. The Morgan fingerprint density at radius 1 is 0.923 bits per heavy atom. The number of rotatable bonds is 9. The summed E-state index contributed by atoms with van der Waals surface area (Å²) in [5.41, 5.74) is 5.15. The van der Waals surface area contributed by atoms with Crippen LogP contribution in [0.1, 0.15) is 30.4 Å². The molecule has 2 heterocycles. The van der Waals surface area contributed by atoms with Crippen molar-refractivity contribution in [1.82, 2.24) is 15.0 Å². The maximum absolute atomic E-state index is 13.4. The summed E-state index contributed by atoms with van der Waals surface area (Å²) >= 11 is 12.3. The molecule has 4 aromatic rings. The van der Waals surface area contributed by atoms with Gasteiger partial charge in [-0.1, -0.05) is 41.4 Å². The average Bonchev–Trinajstić information content (AvgIpc) is 2.95.